The predicted molar refractivity (Wildman–Crippen MR) is 113 cm³/mol. The second-order valence-electron chi connectivity index (χ2n) is 8.01. The SMILES string of the molecule is Cc1ccc(OC[C@@H](C)NC(=O)C2CCN(Cc3ccccc3C)CC2)cc1. The summed E-state index contributed by atoms with van der Waals surface area (Å²) >= 11 is 0. The van der Waals surface area contributed by atoms with E-state index in [4.69, 9.17) is 4.74 Å². The van der Waals surface area contributed by atoms with Crippen molar-refractivity contribution < 1.29 is 9.53 Å². The summed E-state index contributed by atoms with van der Waals surface area (Å²) in [6, 6.07) is 16.5. The van der Waals surface area contributed by atoms with Gasteiger partial charge in [-0.25, -0.2) is 0 Å². The first-order chi connectivity index (χ1) is 13.5. The Morgan fingerprint density at radius 3 is 2.46 bits per heavy atom. The lowest BCUT2D eigenvalue weighted by molar-refractivity contribution is -0.127. The molecule has 0 spiro atoms. The molecule has 0 aromatic heterocycles. The highest BCUT2D eigenvalue weighted by atomic mass is 16.5. The van der Waals surface area contributed by atoms with Crippen molar-refractivity contribution in [1.82, 2.24) is 10.2 Å². The van der Waals surface area contributed by atoms with E-state index in [0.717, 1.165) is 38.2 Å². The Kier molecular flexibility index (Phi) is 7.10. The number of nitrogens with one attached hydrogen (secondary N) is 1. The molecule has 1 heterocycles. The Hall–Kier alpha value is -2.33. The van der Waals surface area contributed by atoms with Gasteiger partial charge < -0.3 is 10.1 Å². The van der Waals surface area contributed by atoms with E-state index in [1.165, 1.54) is 16.7 Å². The van der Waals surface area contributed by atoms with Gasteiger partial charge in [-0.2, -0.15) is 0 Å². The third-order valence-electron chi connectivity index (χ3n) is 5.52. The van der Waals surface area contributed by atoms with Gasteiger partial charge >= 0.3 is 0 Å². The summed E-state index contributed by atoms with van der Waals surface area (Å²) in [5.41, 5.74) is 3.93. The molecule has 1 N–H and O–H groups in total. The fourth-order valence-electron chi connectivity index (χ4n) is 3.64. The second kappa shape index (κ2) is 9.74. The highest BCUT2D eigenvalue weighted by Crippen LogP contribution is 2.20. The molecule has 4 nitrogen and oxygen atoms in total. The molecule has 4 heteroatoms. The molecule has 0 saturated carbocycles. The van der Waals surface area contributed by atoms with E-state index in [9.17, 15) is 4.79 Å². The van der Waals surface area contributed by atoms with Crippen molar-refractivity contribution in [1.29, 1.82) is 0 Å². The third kappa shape index (κ3) is 5.83. The normalized spacial score (nSPS) is 16.5. The van der Waals surface area contributed by atoms with Gasteiger partial charge in [0.2, 0.25) is 5.91 Å². The Labute approximate surface area is 168 Å². The summed E-state index contributed by atoms with van der Waals surface area (Å²) in [7, 11) is 0. The quantitative estimate of drug-likeness (QED) is 0.786. The zero-order valence-electron chi connectivity index (χ0n) is 17.3. The number of carbonyl (C=O) groups is 1. The van der Waals surface area contributed by atoms with E-state index in [1.807, 2.05) is 31.2 Å². The zero-order valence-corrected chi connectivity index (χ0v) is 17.3. The number of rotatable bonds is 7. The minimum absolute atomic E-state index is 0.00111. The molecule has 0 bridgehead atoms. The number of hydrogen-bond donors (Lipinski definition) is 1. The maximum Gasteiger partial charge on any atom is 0.223 e. The van der Waals surface area contributed by atoms with Crippen molar-refractivity contribution in [3.8, 4) is 5.75 Å². The number of carbonyl (C=O) groups excluding carboxylic acids is 1. The molecule has 0 unspecified atom stereocenters. The van der Waals surface area contributed by atoms with Crippen molar-refractivity contribution >= 4 is 5.91 Å². The first-order valence-corrected chi connectivity index (χ1v) is 10.3. The van der Waals surface area contributed by atoms with Crippen molar-refractivity contribution in [3.63, 3.8) is 0 Å². The van der Waals surface area contributed by atoms with Gasteiger partial charge in [-0.3, -0.25) is 9.69 Å². The lowest BCUT2D eigenvalue weighted by atomic mass is 9.95. The van der Waals surface area contributed by atoms with Crippen LogP contribution in [0.15, 0.2) is 48.5 Å². The number of piperidine rings is 1. The van der Waals surface area contributed by atoms with Crippen LogP contribution >= 0.6 is 0 Å². The maximum atomic E-state index is 12.6. The van der Waals surface area contributed by atoms with Crippen molar-refractivity contribution in [2.75, 3.05) is 19.7 Å². The van der Waals surface area contributed by atoms with E-state index in [-0.39, 0.29) is 17.9 Å². The Morgan fingerprint density at radius 1 is 1.11 bits per heavy atom. The summed E-state index contributed by atoms with van der Waals surface area (Å²) in [5, 5.41) is 3.12. The van der Waals surface area contributed by atoms with Gasteiger partial charge in [0.25, 0.3) is 0 Å². The Morgan fingerprint density at radius 2 is 1.79 bits per heavy atom. The van der Waals surface area contributed by atoms with Crippen LogP contribution in [0.25, 0.3) is 0 Å². The molecule has 2 aromatic rings. The van der Waals surface area contributed by atoms with Gasteiger partial charge in [-0.15, -0.1) is 0 Å². The fourth-order valence-corrected chi connectivity index (χ4v) is 3.64. The summed E-state index contributed by atoms with van der Waals surface area (Å²) in [4.78, 5) is 15.1. The summed E-state index contributed by atoms with van der Waals surface area (Å²) in [6.07, 6.45) is 1.84. The zero-order chi connectivity index (χ0) is 19.9. The number of likely N-dealkylation sites (tertiary alicyclic amines) is 1. The molecule has 1 atom stereocenters. The molecule has 1 fully saturated rings. The standard InChI is InChI=1S/C24H32N2O2/c1-18-8-10-23(11-9-18)28-17-20(3)25-24(27)21-12-14-26(15-13-21)16-22-7-5-4-6-19(22)2/h4-11,20-21H,12-17H2,1-3H3,(H,25,27)/t20-/m1/s1. The van der Waals surface area contributed by atoms with Gasteiger partial charge in [-0.1, -0.05) is 42.0 Å². The molecule has 28 heavy (non-hydrogen) atoms. The number of benzene rings is 2. The number of amides is 1. The van der Waals surface area contributed by atoms with E-state index in [2.05, 4.69) is 48.3 Å². The largest absolute Gasteiger partial charge is 0.491 e. The van der Waals surface area contributed by atoms with Gasteiger partial charge in [0, 0.05) is 12.5 Å². The molecule has 1 aliphatic rings. The number of ether oxygens (including phenoxy) is 1. The van der Waals surface area contributed by atoms with Crippen LogP contribution in [-0.4, -0.2) is 36.5 Å². The molecular weight excluding hydrogens is 348 g/mol. The van der Waals surface area contributed by atoms with Crippen LogP contribution in [0.4, 0.5) is 0 Å². The van der Waals surface area contributed by atoms with Crippen molar-refractivity contribution in [2.24, 2.45) is 5.92 Å². The second-order valence-corrected chi connectivity index (χ2v) is 8.01. The Balaban J connectivity index is 1.39. The van der Waals surface area contributed by atoms with E-state index >= 15 is 0 Å². The first-order valence-electron chi connectivity index (χ1n) is 10.3. The van der Waals surface area contributed by atoms with Crippen LogP contribution in [0.2, 0.25) is 0 Å². The molecule has 3 rings (SSSR count). The third-order valence-corrected chi connectivity index (χ3v) is 5.52. The fraction of sp³-hybridized carbons (Fsp3) is 0.458. The van der Waals surface area contributed by atoms with E-state index in [1.54, 1.807) is 0 Å². The minimum atomic E-state index is -0.00111. The van der Waals surface area contributed by atoms with Gasteiger partial charge in [0.05, 0.1) is 6.04 Å². The molecular formula is C24H32N2O2. The van der Waals surface area contributed by atoms with Crippen LogP contribution in [0.3, 0.4) is 0 Å². The number of aryl methyl sites for hydroxylation is 2. The van der Waals surface area contributed by atoms with Crippen LogP contribution in [-0.2, 0) is 11.3 Å². The van der Waals surface area contributed by atoms with Gasteiger partial charge in [0.15, 0.2) is 0 Å². The molecule has 1 amide bonds. The van der Waals surface area contributed by atoms with Gasteiger partial charge in [-0.05, 0) is 70.0 Å². The van der Waals surface area contributed by atoms with Crippen LogP contribution in [0.5, 0.6) is 5.75 Å². The van der Waals surface area contributed by atoms with E-state index < -0.39 is 0 Å². The lowest BCUT2D eigenvalue weighted by Gasteiger charge is -2.32. The highest BCUT2D eigenvalue weighted by Gasteiger charge is 2.26. The molecule has 2 aromatic carbocycles. The van der Waals surface area contributed by atoms with Crippen LogP contribution in [0, 0.1) is 19.8 Å². The summed E-state index contributed by atoms with van der Waals surface area (Å²) < 4.78 is 5.78. The molecule has 1 aliphatic heterocycles. The average molecular weight is 381 g/mol. The number of nitrogens with zero attached hydrogens (tertiary/aromatic N) is 1. The van der Waals surface area contributed by atoms with Crippen LogP contribution in [0.1, 0.15) is 36.5 Å². The molecule has 150 valence electrons. The monoisotopic (exact) mass is 380 g/mol. The van der Waals surface area contributed by atoms with Crippen LogP contribution < -0.4 is 10.1 Å². The summed E-state index contributed by atoms with van der Waals surface area (Å²) in [6.45, 7) is 9.62. The summed E-state index contributed by atoms with van der Waals surface area (Å²) in [5.74, 6) is 1.11. The Bertz CT molecular complexity index is 764. The molecule has 0 aliphatic carbocycles. The predicted octanol–water partition coefficient (Wildman–Crippen LogP) is 4.10. The van der Waals surface area contributed by atoms with Crippen molar-refractivity contribution in [3.05, 3.63) is 65.2 Å². The smallest absolute Gasteiger partial charge is 0.223 e. The van der Waals surface area contributed by atoms with E-state index in [0.29, 0.717) is 6.61 Å². The molecule has 1 saturated heterocycles. The molecule has 0 radical (unpaired) electrons. The number of hydrogen-bond acceptors (Lipinski definition) is 3. The average Bonchev–Trinajstić information content (AvgIpc) is 2.70. The lowest BCUT2D eigenvalue weighted by Crippen LogP contribution is -2.44. The van der Waals surface area contributed by atoms with Gasteiger partial charge in [0.1, 0.15) is 12.4 Å². The van der Waals surface area contributed by atoms with Crippen molar-refractivity contribution in [2.45, 2.75) is 46.2 Å². The minimum Gasteiger partial charge on any atom is -0.491 e. The topological polar surface area (TPSA) is 41.6 Å². The maximum absolute atomic E-state index is 12.6. The highest BCUT2D eigenvalue weighted by molar-refractivity contribution is 5.79. The first kappa shape index (κ1) is 20.4.